The molecule has 0 aliphatic carbocycles. The molecule has 5 aromatic rings. The second-order valence-corrected chi connectivity index (χ2v) is 13.5. The van der Waals surface area contributed by atoms with Crippen molar-refractivity contribution in [3.05, 3.63) is 102 Å². The summed E-state index contributed by atoms with van der Waals surface area (Å²) in [6.45, 7) is 9.65. The molecular weight excluding hydrogens is 550 g/mol. The quantitative estimate of drug-likeness (QED) is 0.225. The topological polar surface area (TPSA) is 116 Å². The number of carbonyl (C=O) groups is 1. The zero-order chi connectivity index (χ0) is 30.1. The molecule has 216 valence electrons. The zero-order valence-electron chi connectivity index (χ0n) is 24.2. The third-order valence-corrected chi connectivity index (χ3v) is 9.03. The maximum atomic E-state index is 13.4. The first-order valence-electron chi connectivity index (χ1n) is 13.6. The minimum Gasteiger partial charge on any atom is -0.456 e. The molecule has 0 aliphatic heterocycles. The molecular formula is C32H33N5O4S. The van der Waals surface area contributed by atoms with E-state index in [-0.39, 0.29) is 22.8 Å². The Balaban J connectivity index is 1.34. The summed E-state index contributed by atoms with van der Waals surface area (Å²) in [4.78, 5) is 21.5. The second kappa shape index (κ2) is 11.4. The SMILES string of the molecule is Cc1cc(CC(=O)Nc2cnn(C(C)(C)C)c2)ccc1Oc1ccnc2ccc(S(=O)(=O)[C@H](C)c3ccccn3)cc12. The molecule has 5 rings (SSSR count). The second-order valence-electron chi connectivity index (χ2n) is 11.2. The molecule has 3 heterocycles. The van der Waals surface area contributed by atoms with Gasteiger partial charge in [0.1, 0.15) is 16.7 Å². The van der Waals surface area contributed by atoms with E-state index in [2.05, 4.69) is 20.4 Å². The van der Waals surface area contributed by atoms with E-state index in [1.165, 1.54) is 0 Å². The molecule has 0 spiro atoms. The van der Waals surface area contributed by atoms with Crippen LogP contribution < -0.4 is 10.1 Å². The minimum absolute atomic E-state index is 0.148. The Morgan fingerprint density at radius 2 is 1.81 bits per heavy atom. The largest absolute Gasteiger partial charge is 0.456 e. The summed E-state index contributed by atoms with van der Waals surface area (Å²) in [6.07, 6.45) is 6.85. The fourth-order valence-electron chi connectivity index (χ4n) is 4.54. The van der Waals surface area contributed by atoms with Gasteiger partial charge in [0, 0.05) is 24.0 Å². The van der Waals surface area contributed by atoms with Crippen LogP contribution in [0.1, 0.15) is 49.8 Å². The number of ether oxygens (including phenoxy) is 1. The number of fused-ring (bicyclic) bond motifs is 1. The predicted octanol–water partition coefficient (Wildman–Crippen LogP) is 6.40. The molecule has 0 fully saturated rings. The van der Waals surface area contributed by atoms with Crippen molar-refractivity contribution in [2.45, 2.75) is 56.7 Å². The molecule has 9 nitrogen and oxygen atoms in total. The van der Waals surface area contributed by atoms with Crippen LogP contribution >= 0.6 is 0 Å². The van der Waals surface area contributed by atoms with Crippen molar-refractivity contribution in [3.8, 4) is 11.5 Å². The molecule has 0 radical (unpaired) electrons. The monoisotopic (exact) mass is 583 g/mol. The lowest BCUT2D eigenvalue weighted by Gasteiger charge is -2.18. The molecule has 0 saturated carbocycles. The van der Waals surface area contributed by atoms with E-state index >= 15 is 0 Å². The van der Waals surface area contributed by atoms with E-state index in [1.54, 1.807) is 72.7 Å². The minimum atomic E-state index is -3.72. The number of carbonyl (C=O) groups excluding carboxylic acids is 1. The maximum absolute atomic E-state index is 13.4. The molecule has 0 aliphatic rings. The lowest BCUT2D eigenvalue weighted by Crippen LogP contribution is -2.22. The Bertz CT molecular complexity index is 1860. The Kier molecular flexibility index (Phi) is 7.83. The van der Waals surface area contributed by atoms with E-state index in [4.69, 9.17) is 4.74 Å². The molecule has 0 unspecified atom stereocenters. The number of amides is 1. The predicted molar refractivity (Wildman–Crippen MR) is 162 cm³/mol. The number of nitrogens with one attached hydrogen (secondary N) is 1. The molecule has 10 heteroatoms. The van der Waals surface area contributed by atoms with E-state index < -0.39 is 15.1 Å². The normalized spacial score (nSPS) is 12.7. The van der Waals surface area contributed by atoms with E-state index in [9.17, 15) is 13.2 Å². The highest BCUT2D eigenvalue weighted by atomic mass is 32.2. The van der Waals surface area contributed by atoms with Crippen LogP contribution in [0.3, 0.4) is 0 Å². The van der Waals surface area contributed by atoms with Crippen LogP contribution in [0.15, 0.2) is 90.3 Å². The number of aryl methyl sites for hydroxylation is 1. The third kappa shape index (κ3) is 6.18. The molecule has 0 bridgehead atoms. The van der Waals surface area contributed by atoms with Crippen LogP contribution in [-0.4, -0.2) is 34.1 Å². The van der Waals surface area contributed by atoms with Gasteiger partial charge in [0.25, 0.3) is 0 Å². The van der Waals surface area contributed by atoms with Crippen molar-refractivity contribution in [2.75, 3.05) is 5.32 Å². The van der Waals surface area contributed by atoms with Gasteiger partial charge in [0.2, 0.25) is 5.91 Å². The summed E-state index contributed by atoms with van der Waals surface area (Å²) in [7, 11) is -3.72. The highest BCUT2D eigenvalue weighted by Gasteiger charge is 2.26. The average Bonchev–Trinajstić information content (AvgIpc) is 3.43. The average molecular weight is 584 g/mol. The van der Waals surface area contributed by atoms with Gasteiger partial charge in [-0.1, -0.05) is 18.2 Å². The molecule has 2 aromatic carbocycles. The number of nitrogens with zero attached hydrogens (tertiary/aromatic N) is 4. The van der Waals surface area contributed by atoms with Crippen molar-refractivity contribution < 1.29 is 17.9 Å². The number of rotatable bonds is 8. The van der Waals surface area contributed by atoms with Crippen LogP contribution in [0, 0.1) is 6.92 Å². The standard InChI is InChI=1S/C32H33N5O4S/c1-21-16-23(17-31(38)36-24-19-35-37(20-24)32(3,4)5)9-12-29(21)41-30-13-15-34-28-11-10-25(18-26(28)30)42(39,40)22(2)27-8-6-7-14-33-27/h6-16,18-20,22H,17H2,1-5H3,(H,36,38)/t22-/m1/s1. The number of aromatic nitrogens is 4. The first-order valence-corrected chi connectivity index (χ1v) is 15.1. The third-order valence-electron chi connectivity index (χ3n) is 6.95. The summed E-state index contributed by atoms with van der Waals surface area (Å²) in [5, 5.41) is 6.97. The van der Waals surface area contributed by atoms with Crippen LogP contribution in [0.5, 0.6) is 11.5 Å². The van der Waals surface area contributed by atoms with Gasteiger partial charge in [-0.05, 0) is 88.2 Å². The van der Waals surface area contributed by atoms with Gasteiger partial charge < -0.3 is 10.1 Å². The van der Waals surface area contributed by atoms with Crippen molar-refractivity contribution in [1.29, 1.82) is 0 Å². The highest BCUT2D eigenvalue weighted by molar-refractivity contribution is 7.91. The molecule has 0 saturated heterocycles. The zero-order valence-corrected chi connectivity index (χ0v) is 25.0. The van der Waals surface area contributed by atoms with Crippen LogP contribution in [0.2, 0.25) is 0 Å². The molecule has 1 amide bonds. The smallest absolute Gasteiger partial charge is 0.228 e. The number of benzene rings is 2. The van der Waals surface area contributed by atoms with Gasteiger partial charge in [-0.25, -0.2) is 8.42 Å². The first-order chi connectivity index (χ1) is 19.9. The van der Waals surface area contributed by atoms with Crippen molar-refractivity contribution >= 4 is 32.3 Å². The molecule has 1 atom stereocenters. The summed E-state index contributed by atoms with van der Waals surface area (Å²) < 4.78 is 35.0. The van der Waals surface area contributed by atoms with Crippen molar-refractivity contribution in [1.82, 2.24) is 19.7 Å². The van der Waals surface area contributed by atoms with Crippen molar-refractivity contribution in [3.63, 3.8) is 0 Å². The van der Waals surface area contributed by atoms with Crippen LogP contribution in [-0.2, 0) is 26.6 Å². The Morgan fingerprint density at radius 3 is 2.50 bits per heavy atom. The van der Waals surface area contributed by atoms with Gasteiger partial charge >= 0.3 is 0 Å². The van der Waals surface area contributed by atoms with E-state index in [0.29, 0.717) is 33.8 Å². The lowest BCUT2D eigenvalue weighted by molar-refractivity contribution is -0.115. The summed E-state index contributed by atoms with van der Waals surface area (Å²) in [5.74, 6) is 0.922. The molecule has 42 heavy (non-hydrogen) atoms. The number of anilines is 1. The van der Waals surface area contributed by atoms with Crippen LogP contribution in [0.25, 0.3) is 10.9 Å². The fourth-order valence-corrected chi connectivity index (χ4v) is 5.95. The lowest BCUT2D eigenvalue weighted by atomic mass is 10.1. The van der Waals surface area contributed by atoms with E-state index in [1.807, 2.05) is 52.1 Å². The Labute approximate surface area is 245 Å². The number of sulfone groups is 1. The van der Waals surface area contributed by atoms with Crippen LogP contribution in [0.4, 0.5) is 5.69 Å². The number of hydrogen-bond donors (Lipinski definition) is 1. The Morgan fingerprint density at radius 1 is 1.00 bits per heavy atom. The van der Waals surface area contributed by atoms with Gasteiger partial charge in [0.05, 0.1) is 40.0 Å². The summed E-state index contributed by atoms with van der Waals surface area (Å²) in [6, 6.07) is 17.3. The van der Waals surface area contributed by atoms with Gasteiger partial charge in [-0.2, -0.15) is 5.10 Å². The summed E-state index contributed by atoms with van der Waals surface area (Å²) >= 11 is 0. The first kappa shape index (κ1) is 28.9. The maximum Gasteiger partial charge on any atom is 0.228 e. The highest BCUT2D eigenvalue weighted by Crippen LogP contribution is 2.35. The van der Waals surface area contributed by atoms with Crippen molar-refractivity contribution in [2.24, 2.45) is 0 Å². The number of hydrogen-bond acceptors (Lipinski definition) is 7. The fraction of sp³-hybridized carbons (Fsp3) is 0.250. The van der Waals surface area contributed by atoms with Gasteiger partial charge in [0.15, 0.2) is 9.84 Å². The summed E-state index contributed by atoms with van der Waals surface area (Å²) in [5.41, 5.74) is 3.22. The molecule has 3 aromatic heterocycles. The molecule has 1 N–H and O–H groups in total. The number of pyridine rings is 2. The van der Waals surface area contributed by atoms with Gasteiger partial charge in [-0.3, -0.25) is 19.4 Å². The van der Waals surface area contributed by atoms with Gasteiger partial charge in [-0.15, -0.1) is 0 Å². The Hall–Kier alpha value is -4.57. The van der Waals surface area contributed by atoms with E-state index in [0.717, 1.165) is 11.1 Å².